The minimum absolute atomic E-state index is 0.0438. The van der Waals surface area contributed by atoms with Crippen LogP contribution in [0.1, 0.15) is 27.3 Å². The summed E-state index contributed by atoms with van der Waals surface area (Å²) in [5.41, 5.74) is 2.30. The molecule has 0 saturated heterocycles. The van der Waals surface area contributed by atoms with Crippen LogP contribution in [0.2, 0.25) is 0 Å². The van der Waals surface area contributed by atoms with Gasteiger partial charge in [0.15, 0.2) is 5.69 Å². The maximum Gasteiger partial charge on any atom is 0.407 e. The van der Waals surface area contributed by atoms with E-state index in [9.17, 15) is 9.59 Å². The highest BCUT2D eigenvalue weighted by Gasteiger charge is 2.10. The van der Waals surface area contributed by atoms with Crippen molar-refractivity contribution in [3.63, 3.8) is 0 Å². The first-order valence-corrected chi connectivity index (χ1v) is 7.65. The number of carbonyl (C=O) groups excluding carboxylic acids is 1. The maximum absolute atomic E-state index is 11.5. The highest BCUT2D eigenvalue weighted by atomic mass is 32.1. The number of aromatic nitrogens is 1. The third-order valence-corrected chi connectivity index (χ3v) is 3.45. The van der Waals surface area contributed by atoms with Gasteiger partial charge in [0.25, 0.3) is 0 Å². The fourth-order valence-electron chi connectivity index (χ4n) is 1.63. The van der Waals surface area contributed by atoms with Crippen LogP contribution >= 0.6 is 11.3 Å². The molecule has 6 nitrogen and oxygen atoms in total. The molecular weight excluding hydrogens is 316 g/mol. The molecule has 118 valence electrons. The molecule has 0 aliphatic carbocycles. The lowest BCUT2D eigenvalue weighted by molar-refractivity contribution is 0.0691. The second kappa shape index (κ2) is 8.56. The Balaban J connectivity index is 1.69. The smallest absolute Gasteiger partial charge is 0.407 e. The number of ether oxygens (including phenoxy) is 1. The van der Waals surface area contributed by atoms with Gasteiger partial charge in [0.05, 0.1) is 5.51 Å². The van der Waals surface area contributed by atoms with Crippen LogP contribution in [0.25, 0.3) is 0 Å². The summed E-state index contributed by atoms with van der Waals surface area (Å²) >= 11 is 1.17. The summed E-state index contributed by atoms with van der Waals surface area (Å²) in [6.07, 6.45) is -0.128. The molecule has 0 aliphatic heterocycles. The van der Waals surface area contributed by atoms with E-state index in [4.69, 9.17) is 9.84 Å². The molecule has 2 aromatic rings. The van der Waals surface area contributed by atoms with Gasteiger partial charge in [-0.2, -0.15) is 0 Å². The minimum atomic E-state index is -1.10. The van der Waals surface area contributed by atoms with Gasteiger partial charge in [-0.05, 0) is 5.56 Å². The summed E-state index contributed by atoms with van der Waals surface area (Å²) < 4.78 is 5.05. The van der Waals surface area contributed by atoms with E-state index in [1.807, 2.05) is 30.3 Å². The Bertz CT molecular complexity index is 731. The van der Waals surface area contributed by atoms with Gasteiger partial charge in [-0.25, -0.2) is 14.6 Å². The van der Waals surface area contributed by atoms with Crippen LogP contribution in [0.15, 0.2) is 35.8 Å². The second-order valence-electron chi connectivity index (χ2n) is 4.38. The fraction of sp³-hybridized carbons (Fsp3) is 0.188. The molecule has 0 aliphatic rings. The molecule has 1 aromatic carbocycles. The molecule has 1 amide bonds. The molecule has 1 heterocycles. The van der Waals surface area contributed by atoms with Crippen molar-refractivity contribution < 1.29 is 19.4 Å². The number of carbonyl (C=O) groups is 2. The number of alkyl carbamates (subject to hydrolysis) is 1. The second-order valence-corrected chi connectivity index (χ2v) is 5.23. The lowest BCUT2D eigenvalue weighted by Crippen LogP contribution is -2.24. The Morgan fingerprint density at radius 2 is 2.09 bits per heavy atom. The van der Waals surface area contributed by atoms with Gasteiger partial charge >= 0.3 is 12.1 Å². The number of thiazole rings is 1. The first kappa shape index (κ1) is 16.5. The normalized spacial score (nSPS) is 9.57. The monoisotopic (exact) mass is 330 g/mol. The van der Waals surface area contributed by atoms with Gasteiger partial charge in [-0.15, -0.1) is 11.3 Å². The predicted molar refractivity (Wildman–Crippen MR) is 85.2 cm³/mol. The van der Waals surface area contributed by atoms with Crippen LogP contribution < -0.4 is 5.32 Å². The van der Waals surface area contributed by atoms with E-state index >= 15 is 0 Å². The average molecular weight is 330 g/mol. The van der Waals surface area contributed by atoms with Crippen molar-refractivity contribution in [2.24, 2.45) is 0 Å². The van der Waals surface area contributed by atoms with Crippen LogP contribution in [0.5, 0.6) is 0 Å². The van der Waals surface area contributed by atoms with Crippen LogP contribution in [-0.2, 0) is 11.3 Å². The van der Waals surface area contributed by atoms with Gasteiger partial charge in [0, 0.05) is 13.0 Å². The van der Waals surface area contributed by atoms with Crippen LogP contribution in [0, 0.1) is 11.8 Å². The Labute approximate surface area is 137 Å². The summed E-state index contributed by atoms with van der Waals surface area (Å²) in [6.45, 7) is 0.531. The largest absolute Gasteiger partial charge is 0.476 e. The number of benzene rings is 1. The Morgan fingerprint density at radius 1 is 1.30 bits per heavy atom. The summed E-state index contributed by atoms with van der Waals surface area (Å²) in [4.78, 5) is 26.5. The summed E-state index contributed by atoms with van der Waals surface area (Å²) in [5, 5.41) is 11.5. The highest BCUT2D eigenvalue weighted by molar-refractivity contribution is 7.10. The molecular formula is C16H14N2O4S. The van der Waals surface area contributed by atoms with E-state index in [0.29, 0.717) is 17.8 Å². The van der Waals surface area contributed by atoms with Crippen molar-refractivity contribution in [3.05, 3.63) is 52.0 Å². The number of amides is 1. The molecule has 7 heteroatoms. The molecule has 0 saturated carbocycles. The topological polar surface area (TPSA) is 88.5 Å². The molecule has 2 N–H and O–H groups in total. The van der Waals surface area contributed by atoms with Crippen molar-refractivity contribution in [2.45, 2.75) is 13.0 Å². The van der Waals surface area contributed by atoms with Crippen molar-refractivity contribution >= 4 is 23.4 Å². The van der Waals surface area contributed by atoms with Gasteiger partial charge in [-0.1, -0.05) is 42.2 Å². The number of nitrogens with zero attached hydrogens (tertiary/aromatic N) is 1. The zero-order chi connectivity index (χ0) is 16.5. The third kappa shape index (κ3) is 5.45. The van der Waals surface area contributed by atoms with E-state index in [1.165, 1.54) is 16.8 Å². The number of hydrogen-bond donors (Lipinski definition) is 2. The lowest BCUT2D eigenvalue weighted by atomic mass is 10.2. The van der Waals surface area contributed by atoms with Crippen LogP contribution in [0.3, 0.4) is 0 Å². The summed E-state index contributed by atoms with van der Waals surface area (Å²) in [5.74, 6) is 4.44. The van der Waals surface area contributed by atoms with Gasteiger partial charge in [-0.3, -0.25) is 0 Å². The minimum Gasteiger partial charge on any atom is -0.476 e. The van der Waals surface area contributed by atoms with Crippen LogP contribution in [0.4, 0.5) is 4.79 Å². The zero-order valence-corrected chi connectivity index (χ0v) is 12.9. The van der Waals surface area contributed by atoms with E-state index in [1.54, 1.807) is 0 Å². The first-order chi connectivity index (χ1) is 11.2. The van der Waals surface area contributed by atoms with E-state index in [2.05, 4.69) is 22.1 Å². The standard InChI is InChI=1S/C16H14N2O4S/c19-15(20)14-13(23-11-18-14)8-4-5-9-17-16(21)22-10-12-6-2-1-3-7-12/h1-3,6-7,11H,5,9-10H2,(H,17,21)(H,19,20). The molecule has 0 unspecified atom stereocenters. The van der Waals surface area contributed by atoms with Crippen molar-refractivity contribution in [3.8, 4) is 11.8 Å². The fourth-order valence-corrected chi connectivity index (χ4v) is 2.28. The molecule has 1 aromatic heterocycles. The van der Waals surface area contributed by atoms with Gasteiger partial charge < -0.3 is 15.2 Å². The van der Waals surface area contributed by atoms with E-state index in [-0.39, 0.29) is 12.3 Å². The number of carboxylic acids is 1. The molecule has 0 radical (unpaired) electrons. The summed E-state index contributed by atoms with van der Waals surface area (Å²) in [6, 6.07) is 9.37. The van der Waals surface area contributed by atoms with Crippen LogP contribution in [-0.4, -0.2) is 28.7 Å². The Kier molecular flexibility index (Phi) is 6.15. The van der Waals surface area contributed by atoms with E-state index in [0.717, 1.165) is 5.56 Å². The quantitative estimate of drug-likeness (QED) is 0.649. The SMILES string of the molecule is O=C(NCCC#Cc1scnc1C(=O)O)OCc1ccccc1. The summed E-state index contributed by atoms with van der Waals surface area (Å²) in [7, 11) is 0. The molecule has 0 atom stereocenters. The first-order valence-electron chi connectivity index (χ1n) is 6.77. The predicted octanol–water partition coefficient (Wildman–Crippen LogP) is 2.51. The molecule has 0 bridgehead atoms. The number of carboxylic acid groups (broad SMARTS) is 1. The van der Waals surface area contributed by atoms with E-state index < -0.39 is 12.1 Å². The third-order valence-electron chi connectivity index (χ3n) is 2.70. The molecule has 0 spiro atoms. The van der Waals surface area contributed by atoms with Gasteiger partial charge in [0.1, 0.15) is 11.5 Å². The highest BCUT2D eigenvalue weighted by Crippen LogP contribution is 2.11. The average Bonchev–Trinajstić information content (AvgIpc) is 3.02. The Hall–Kier alpha value is -2.85. The number of aromatic carboxylic acids is 1. The van der Waals surface area contributed by atoms with Crippen molar-refractivity contribution in [2.75, 3.05) is 6.54 Å². The number of rotatable bonds is 5. The Morgan fingerprint density at radius 3 is 2.83 bits per heavy atom. The molecule has 2 rings (SSSR count). The number of hydrogen-bond acceptors (Lipinski definition) is 5. The molecule has 23 heavy (non-hydrogen) atoms. The number of nitrogens with one attached hydrogen (secondary N) is 1. The lowest BCUT2D eigenvalue weighted by Gasteiger charge is -2.05. The van der Waals surface area contributed by atoms with Crippen molar-refractivity contribution in [1.29, 1.82) is 0 Å². The maximum atomic E-state index is 11.5. The van der Waals surface area contributed by atoms with Gasteiger partial charge in [0.2, 0.25) is 0 Å². The zero-order valence-electron chi connectivity index (χ0n) is 12.1. The van der Waals surface area contributed by atoms with Crippen molar-refractivity contribution in [1.82, 2.24) is 10.3 Å². The molecule has 0 fully saturated rings.